The Hall–Kier alpha value is -1.16. The van der Waals surface area contributed by atoms with Crippen molar-refractivity contribution in [3.63, 3.8) is 0 Å². The fourth-order valence-electron chi connectivity index (χ4n) is 1.48. The van der Waals surface area contributed by atoms with Gasteiger partial charge in [0.1, 0.15) is 0 Å². The molecule has 94 valence electrons. The van der Waals surface area contributed by atoms with Crippen LogP contribution in [-0.4, -0.2) is 22.1 Å². The van der Waals surface area contributed by atoms with Gasteiger partial charge in [0.15, 0.2) is 0 Å². The third kappa shape index (κ3) is 4.69. The van der Waals surface area contributed by atoms with Gasteiger partial charge >= 0.3 is 0 Å². The first-order valence-electron chi connectivity index (χ1n) is 5.66. The molecule has 0 heterocycles. The summed E-state index contributed by atoms with van der Waals surface area (Å²) in [7, 11) is -0.941. The average molecular weight is 253 g/mol. The molecular weight excluding hydrogens is 234 g/mol. The van der Waals surface area contributed by atoms with E-state index in [4.69, 9.17) is 0 Å². The zero-order valence-electron chi connectivity index (χ0n) is 10.5. The topological polar surface area (TPSA) is 46.2 Å². The van der Waals surface area contributed by atoms with Gasteiger partial charge in [-0.1, -0.05) is 44.2 Å². The lowest BCUT2D eigenvalue weighted by atomic mass is 10.1. The molecule has 0 saturated heterocycles. The van der Waals surface area contributed by atoms with Gasteiger partial charge in [0.05, 0.1) is 6.04 Å². The van der Waals surface area contributed by atoms with Crippen molar-refractivity contribution in [1.82, 2.24) is 5.32 Å². The predicted molar refractivity (Wildman–Crippen MR) is 71.1 cm³/mol. The summed E-state index contributed by atoms with van der Waals surface area (Å²) in [6.45, 7) is 3.70. The van der Waals surface area contributed by atoms with Gasteiger partial charge in [-0.2, -0.15) is 0 Å². The maximum Gasteiger partial charge on any atom is 0.223 e. The molecule has 1 N–H and O–H groups in total. The van der Waals surface area contributed by atoms with Gasteiger partial charge in [-0.15, -0.1) is 0 Å². The first-order chi connectivity index (χ1) is 8.00. The third-order valence-corrected chi connectivity index (χ3v) is 3.25. The van der Waals surface area contributed by atoms with E-state index in [1.54, 1.807) is 6.26 Å². The standard InChI is InChI=1S/C13H19NO2S/c1-10(2)13(15)14-12(9-17(3)16)11-7-5-4-6-8-11/h4-8,10,12H,9H2,1-3H3,(H,14,15)/t12-,17+/m0/s1. The first-order valence-corrected chi connectivity index (χ1v) is 7.38. The van der Waals surface area contributed by atoms with Crippen molar-refractivity contribution in [3.05, 3.63) is 35.9 Å². The molecule has 0 fully saturated rings. The van der Waals surface area contributed by atoms with E-state index < -0.39 is 10.8 Å². The molecule has 0 spiro atoms. The van der Waals surface area contributed by atoms with Crippen molar-refractivity contribution in [2.24, 2.45) is 5.92 Å². The van der Waals surface area contributed by atoms with E-state index in [0.717, 1.165) is 5.56 Å². The number of carbonyl (C=O) groups is 1. The molecule has 0 aliphatic rings. The van der Waals surface area contributed by atoms with Gasteiger partial charge in [-0.05, 0) is 5.56 Å². The molecule has 2 atom stereocenters. The predicted octanol–water partition coefficient (Wildman–Crippen LogP) is 1.88. The second kappa shape index (κ2) is 6.55. The number of nitrogens with one attached hydrogen (secondary N) is 1. The van der Waals surface area contributed by atoms with Gasteiger partial charge < -0.3 is 5.32 Å². The number of hydrogen-bond acceptors (Lipinski definition) is 2. The molecule has 1 aromatic rings. The Bertz CT molecular complexity index is 390. The average Bonchev–Trinajstić information content (AvgIpc) is 2.28. The normalized spacial score (nSPS) is 14.4. The van der Waals surface area contributed by atoms with Crippen LogP contribution in [0.4, 0.5) is 0 Å². The van der Waals surface area contributed by atoms with Crippen molar-refractivity contribution in [2.75, 3.05) is 12.0 Å². The lowest BCUT2D eigenvalue weighted by Gasteiger charge is -2.19. The molecule has 1 aromatic carbocycles. The smallest absolute Gasteiger partial charge is 0.223 e. The van der Waals surface area contributed by atoms with Crippen LogP contribution >= 0.6 is 0 Å². The van der Waals surface area contributed by atoms with Crippen LogP contribution in [0.25, 0.3) is 0 Å². The van der Waals surface area contributed by atoms with Crippen molar-refractivity contribution >= 4 is 16.7 Å². The van der Waals surface area contributed by atoms with Gasteiger partial charge in [0.25, 0.3) is 0 Å². The zero-order valence-corrected chi connectivity index (χ0v) is 11.3. The molecule has 0 aliphatic heterocycles. The molecule has 0 bridgehead atoms. The summed E-state index contributed by atoms with van der Waals surface area (Å²) in [5, 5.41) is 2.93. The largest absolute Gasteiger partial charge is 0.348 e. The number of rotatable bonds is 5. The molecule has 1 rings (SSSR count). The number of carbonyl (C=O) groups excluding carboxylic acids is 1. The van der Waals surface area contributed by atoms with Crippen LogP contribution in [0.5, 0.6) is 0 Å². The summed E-state index contributed by atoms with van der Waals surface area (Å²) in [4.78, 5) is 11.7. The van der Waals surface area contributed by atoms with Crippen LogP contribution in [0.2, 0.25) is 0 Å². The van der Waals surface area contributed by atoms with Gasteiger partial charge in [-0.3, -0.25) is 9.00 Å². The van der Waals surface area contributed by atoms with Crippen LogP contribution in [0.15, 0.2) is 30.3 Å². The molecule has 0 aromatic heterocycles. The lowest BCUT2D eigenvalue weighted by molar-refractivity contribution is -0.124. The quantitative estimate of drug-likeness (QED) is 0.871. The highest BCUT2D eigenvalue weighted by molar-refractivity contribution is 7.84. The Labute approximate surface area is 105 Å². The molecule has 0 unspecified atom stereocenters. The summed E-state index contributed by atoms with van der Waals surface area (Å²) in [5.41, 5.74) is 0.997. The van der Waals surface area contributed by atoms with Crippen LogP contribution in [0.1, 0.15) is 25.5 Å². The van der Waals surface area contributed by atoms with E-state index in [0.29, 0.717) is 5.75 Å². The maximum absolute atomic E-state index is 11.7. The molecule has 4 heteroatoms. The van der Waals surface area contributed by atoms with E-state index in [-0.39, 0.29) is 17.9 Å². The maximum atomic E-state index is 11.7. The van der Waals surface area contributed by atoms with Gasteiger partial charge in [-0.25, -0.2) is 0 Å². The fraction of sp³-hybridized carbons (Fsp3) is 0.462. The number of benzene rings is 1. The Kier molecular flexibility index (Phi) is 5.35. The minimum absolute atomic E-state index is 0.00990. The van der Waals surface area contributed by atoms with Crippen molar-refractivity contribution in [3.8, 4) is 0 Å². The second-order valence-corrected chi connectivity index (χ2v) is 5.85. The van der Waals surface area contributed by atoms with Crippen molar-refractivity contribution in [2.45, 2.75) is 19.9 Å². The molecule has 17 heavy (non-hydrogen) atoms. The van der Waals surface area contributed by atoms with E-state index in [1.165, 1.54) is 0 Å². The Balaban J connectivity index is 2.81. The van der Waals surface area contributed by atoms with E-state index >= 15 is 0 Å². The highest BCUT2D eigenvalue weighted by atomic mass is 32.2. The minimum atomic E-state index is -0.941. The van der Waals surface area contributed by atoms with Crippen LogP contribution in [-0.2, 0) is 15.6 Å². The number of hydrogen-bond donors (Lipinski definition) is 1. The molecule has 3 nitrogen and oxygen atoms in total. The van der Waals surface area contributed by atoms with Crippen molar-refractivity contribution < 1.29 is 9.00 Å². The Morgan fingerprint density at radius 2 is 1.88 bits per heavy atom. The van der Waals surface area contributed by atoms with E-state index in [9.17, 15) is 9.00 Å². The fourth-order valence-corrected chi connectivity index (χ4v) is 2.22. The molecule has 0 aliphatic carbocycles. The third-order valence-electron chi connectivity index (χ3n) is 2.44. The second-order valence-electron chi connectivity index (χ2n) is 4.37. The van der Waals surface area contributed by atoms with Crippen LogP contribution in [0, 0.1) is 5.92 Å². The highest BCUT2D eigenvalue weighted by Gasteiger charge is 2.17. The van der Waals surface area contributed by atoms with Crippen molar-refractivity contribution in [1.29, 1.82) is 0 Å². The summed E-state index contributed by atoms with van der Waals surface area (Å²) in [6.07, 6.45) is 1.65. The highest BCUT2D eigenvalue weighted by Crippen LogP contribution is 2.14. The Morgan fingerprint density at radius 1 is 1.29 bits per heavy atom. The lowest BCUT2D eigenvalue weighted by Crippen LogP contribution is -2.34. The minimum Gasteiger partial charge on any atom is -0.348 e. The van der Waals surface area contributed by atoms with Gasteiger partial charge in [0.2, 0.25) is 5.91 Å². The van der Waals surface area contributed by atoms with Crippen LogP contribution < -0.4 is 5.32 Å². The molecule has 0 saturated carbocycles. The monoisotopic (exact) mass is 253 g/mol. The summed E-state index contributed by atoms with van der Waals surface area (Å²) in [5.74, 6) is 0.374. The summed E-state index contributed by atoms with van der Waals surface area (Å²) < 4.78 is 11.3. The van der Waals surface area contributed by atoms with Crippen LogP contribution in [0.3, 0.4) is 0 Å². The van der Waals surface area contributed by atoms with E-state index in [1.807, 2.05) is 44.2 Å². The SMILES string of the molecule is CC(C)C(=O)N[C@@H](C[S@@](C)=O)c1ccccc1. The first kappa shape index (κ1) is 13.9. The number of amides is 1. The van der Waals surface area contributed by atoms with Gasteiger partial charge in [0, 0.05) is 28.7 Å². The Morgan fingerprint density at radius 3 is 2.35 bits per heavy atom. The molecule has 1 amide bonds. The molecule has 0 radical (unpaired) electrons. The van der Waals surface area contributed by atoms with E-state index in [2.05, 4.69) is 5.32 Å². The zero-order chi connectivity index (χ0) is 12.8. The summed E-state index contributed by atoms with van der Waals surface area (Å²) in [6, 6.07) is 9.48. The summed E-state index contributed by atoms with van der Waals surface area (Å²) >= 11 is 0. The molecular formula is C13H19NO2S.